The lowest BCUT2D eigenvalue weighted by molar-refractivity contribution is 0.729. The molecule has 1 aromatic carbocycles. The van der Waals surface area contributed by atoms with Gasteiger partial charge >= 0.3 is 0 Å². The molecular formula is C19H30IN5S. The number of rotatable bonds is 8. The number of aliphatic imine (C=N–C) groups is 1. The van der Waals surface area contributed by atoms with Crippen molar-refractivity contribution in [3.05, 3.63) is 47.3 Å². The van der Waals surface area contributed by atoms with Crippen LogP contribution >= 0.6 is 35.7 Å². The fraction of sp³-hybridized carbons (Fsp3) is 0.474. The molecule has 1 heterocycles. The first kappa shape index (κ1) is 22.8. The van der Waals surface area contributed by atoms with Gasteiger partial charge in [0.05, 0.1) is 5.69 Å². The van der Waals surface area contributed by atoms with Gasteiger partial charge in [0.1, 0.15) is 0 Å². The number of halogens is 1. The van der Waals surface area contributed by atoms with Crippen LogP contribution in [0.3, 0.4) is 0 Å². The van der Waals surface area contributed by atoms with Crippen LogP contribution in [-0.2, 0) is 13.5 Å². The predicted molar refractivity (Wildman–Crippen MR) is 123 cm³/mol. The van der Waals surface area contributed by atoms with E-state index in [1.54, 1.807) is 0 Å². The molecule has 144 valence electrons. The largest absolute Gasteiger partial charge is 0.357 e. The van der Waals surface area contributed by atoms with E-state index >= 15 is 0 Å². The van der Waals surface area contributed by atoms with E-state index < -0.39 is 0 Å². The Morgan fingerprint density at radius 1 is 1.19 bits per heavy atom. The Hall–Kier alpha value is -1.22. The summed E-state index contributed by atoms with van der Waals surface area (Å²) in [5.74, 6) is 1.89. The van der Waals surface area contributed by atoms with Gasteiger partial charge in [0.25, 0.3) is 0 Å². The molecule has 26 heavy (non-hydrogen) atoms. The minimum absolute atomic E-state index is 0. The third-order valence-corrected chi connectivity index (χ3v) is 5.06. The maximum absolute atomic E-state index is 4.69. The summed E-state index contributed by atoms with van der Waals surface area (Å²) >= 11 is 1.85. The molecule has 5 nitrogen and oxygen atoms in total. The maximum Gasteiger partial charge on any atom is 0.191 e. The minimum Gasteiger partial charge on any atom is -0.357 e. The van der Waals surface area contributed by atoms with Gasteiger partial charge < -0.3 is 10.6 Å². The Bertz CT molecular complexity index is 685. The molecule has 1 aromatic heterocycles. The third-order valence-electron chi connectivity index (χ3n) is 4.04. The average Bonchev–Trinajstić information content (AvgIpc) is 2.85. The van der Waals surface area contributed by atoms with Crippen LogP contribution in [0.25, 0.3) is 0 Å². The van der Waals surface area contributed by atoms with E-state index in [-0.39, 0.29) is 24.0 Å². The Balaban J connectivity index is 0.00000338. The van der Waals surface area contributed by atoms with Crippen LogP contribution in [0.1, 0.15) is 23.9 Å². The summed E-state index contributed by atoms with van der Waals surface area (Å²) in [5.41, 5.74) is 3.64. The molecule has 0 spiro atoms. The number of aromatic nitrogens is 2. The molecule has 0 amide bonds. The van der Waals surface area contributed by atoms with E-state index in [1.165, 1.54) is 16.2 Å². The highest BCUT2D eigenvalue weighted by Crippen LogP contribution is 2.15. The number of nitrogens with one attached hydrogen (secondary N) is 2. The number of hydrogen-bond donors (Lipinski definition) is 2. The van der Waals surface area contributed by atoms with Gasteiger partial charge in [-0.15, -0.1) is 35.7 Å². The van der Waals surface area contributed by atoms with E-state index in [9.17, 15) is 0 Å². The number of aryl methyl sites for hydroxylation is 2. The topological polar surface area (TPSA) is 54.2 Å². The van der Waals surface area contributed by atoms with Crippen molar-refractivity contribution < 1.29 is 0 Å². The van der Waals surface area contributed by atoms with Gasteiger partial charge in [0.15, 0.2) is 5.96 Å². The fourth-order valence-electron chi connectivity index (χ4n) is 2.66. The second-order valence-corrected chi connectivity index (χ2v) is 7.04. The van der Waals surface area contributed by atoms with E-state index in [0.717, 1.165) is 43.5 Å². The summed E-state index contributed by atoms with van der Waals surface area (Å²) in [6.07, 6.45) is 0.918. The van der Waals surface area contributed by atoms with Crippen molar-refractivity contribution in [2.45, 2.75) is 32.1 Å². The van der Waals surface area contributed by atoms with Gasteiger partial charge in [0.2, 0.25) is 0 Å². The zero-order valence-electron chi connectivity index (χ0n) is 16.1. The van der Waals surface area contributed by atoms with Gasteiger partial charge in [-0.05, 0) is 44.9 Å². The molecule has 7 heteroatoms. The van der Waals surface area contributed by atoms with Gasteiger partial charge in [0, 0.05) is 43.0 Å². The van der Waals surface area contributed by atoms with Crippen molar-refractivity contribution in [3.63, 3.8) is 0 Å². The highest BCUT2D eigenvalue weighted by atomic mass is 127. The molecule has 0 radical (unpaired) electrons. The molecule has 0 aliphatic carbocycles. The molecule has 0 atom stereocenters. The quantitative estimate of drug-likeness (QED) is 0.197. The maximum atomic E-state index is 4.69. The summed E-state index contributed by atoms with van der Waals surface area (Å²) in [6.45, 7) is 8.78. The molecule has 0 saturated carbocycles. The van der Waals surface area contributed by atoms with E-state index in [0.29, 0.717) is 0 Å². The molecule has 2 rings (SSSR count). The van der Waals surface area contributed by atoms with Crippen molar-refractivity contribution in [3.8, 4) is 0 Å². The average molecular weight is 487 g/mol. The Morgan fingerprint density at radius 2 is 1.92 bits per heavy atom. The zero-order chi connectivity index (χ0) is 18.1. The van der Waals surface area contributed by atoms with E-state index in [1.807, 2.05) is 29.6 Å². The molecule has 2 N–H and O–H groups in total. The number of hydrogen-bond acceptors (Lipinski definition) is 3. The van der Waals surface area contributed by atoms with Gasteiger partial charge in [-0.25, -0.2) is 0 Å². The lowest BCUT2D eigenvalue weighted by Crippen LogP contribution is -2.38. The first-order valence-corrected chi connectivity index (χ1v) is 9.79. The Labute approximate surface area is 178 Å². The molecule has 2 aromatic rings. The molecule has 0 fully saturated rings. The zero-order valence-corrected chi connectivity index (χ0v) is 19.2. The van der Waals surface area contributed by atoms with Crippen molar-refractivity contribution in [2.75, 3.05) is 25.4 Å². The van der Waals surface area contributed by atoms with Gasteiger partial charge in [-0.1, -0.05) is 18.2 Å². The standard InChI is InChI=1S/C19H29N5S.HI/c1-5-20-19(22-13-14-25-17-9-7-6-8-10-17)21-12-11-18-15(2)23-24(4)16(18)3;/h6-10H,5,11-14H2,1-4H3,(H2,20,21,22);1H. The summed E-state index contributed by atoms with van der Waals surface area (Å²) in [7, 11) is 1.99. The summed E-state index contributed by atoms with van der Waals surface area (Å²) in [5, 5.41) is 11.2. The molecular weight excluding hydrogens is 457 g/mol. The van der Waals surface area contributed by atoms with Crippen LogP contribution in [-0.4, -0.2) is 41.1 Å². The van der Waals surface area contributed by atoms with Crippen LogP contribution in [0.5, 0.6) is 0 Å². The molecule has 0 saturated heterocycles. The third kappa shape index (κ3) is 7.19. The van der Waals surface area contributed by atoms with Crippen LogP contribution in [0, 0.1) is 13.8 Å². The van der Waals surface area contributed by atoms with Gasteiger partial charge in [-0.2, -0.15) is 5.10 Å². The second-order valence-electron chi connectivity index (χ2n) is 5.87. The second kappa shape index (κ2) is 12.2. The Morgan fingerprint density at radius 3 is 2.54 bits per heavy atom. The smallest absolute Gasteiger partial charge is 0.191 e. The highest BCUT2D eigenvalue weighted by molar-refractivity contribution is 14.0. The van der Waals surface area contributed by atoms with Crippen LogP contribution in [0.2, 0.25) is 0 Å². The lowest BCUT2D eigenvalue weighted by Gasteiger charge is -2.11. The van der Waals surface area contributed by atoms with Crippen LogP contribution < -0.4 is 10.6 Å². The van der Waals surface area contributed by atoms with E-state index in [4.69, 9.17) is 4.99 Å². The van der Waals surface area contributed by atoms with Crippen LogP contribution in [0.4, 0.5) is 0 Å². The first-order chi connectivity index (χ1) is 12.1. The molecule has 0 aliphatic rings. The fourth-order valence-corrected chi connectivity index (χ4v) is 3.44. The summed E-state index contributed by atoms with van der Waals surface area (Å²) < 4.78 is 1.94. The molecule has 0 bridgehead atoms. The number of thioether (sulfide) groups is 1. The highest BCUT2D eigenvalue weighted by Gasteiger charge is 2.08. The van der Waals surface area contributed by atoms with Crippen molar-refractivity contribution in [1.82, 2.24) is 20.4 Å². The predicted octanol–water partition coefficient (Wildman–Crippen LogP) is 3.54. The summed E-state index contributed by atoms with van der Waals surface area (Å²) in [6, 6.07) is 10.5. The Kier molecular flexibility index (Phi) is 10.7. The molecule has 0 unspecified atom stereocenters. The van der Waals surface area contributed by atoms with Crippen LogP contribution in [0.15, 0.2) is 40.2 Å². The van der Waals surface area contributed by atoms with E-state index in [2.05, 4.69) is 60.8 Å². The minimum atomic E-state index is 0. The van der Waals surface area contributed by atoms with Crippen molar-refractivity contribution >= 4 is 41.7 Å². The van der Waals surface area contributed by atoms with Crippen molar-refractivity contribution in [1.29, 1.82) is 0 Å². The monoisotopic (exact) mass is 487 g/mol. The number of benzene rings is 1. The normalized spacial score (nSPS) is 11.2. The summed E-state index contributed by atoms with van der Waals surface area (Å²) in [4.78, 5) is 5.99. The van der Waals surface area contributed by atoms with Gasteiger partial charge in [-0.3, -0.25) is 9.67 Å². The number of guanidine groups is 1. The molecule has 0 aliphatic heterocycles. The first-order valence-electron chi connectivity index (χ1n) is 8.81. The lowest BCUT2D eigenvalue weighted by atomic mass is 10.1. The number of nitrogens with zero attached hydrogens (tertiary/aromatic N) is 3. The van der Waals surface area contributed by atoms with Crippen molar-refractivity contribution in [2.24, 2.45) is 12.0 Å². The SMILES string of the molecule is CCNC(=NCCc1c(C)nn(C)c1C)NCCSc1ccccc1.I.